The van der Waals surface area contributed by atoms with Crippen LogP contribution in [0.5, 0.6) is 0 Å². The second-order valence-electron chi connectivity index (χ2n) is 5.56. The molecule has 0 aliphatic heterocycles. The molecule has 0 amide bonds. The molecule has 2 rings (SSSR count). The molecule has 2 unspecified atom stereocenters. The van der Waals surface area contributed by atoms with Crippen molar-refractivity contribution in [3.63, 3.8) is 0 Å². The molecule has 0 nitrogen and oxygen atoms in total. The molecule has 0 spiro atoms. The van der Waals surface area contributed by atoms with Gasteiger partial charge in [-0.1, -0.05) is 37.6 Å². The van der Waals surface area contributed by atoms with Crippen LogP contribution in [0.2, 0.25) is 0 Å². The molecule has 0 aromatic heterocycles. The number of benzene rings is 1. The third-order valence-corrected chi connectivity index (χ3v) is 4.20. The Morgan fingerprint density at radius 3 is 2.40 bits per heavy atom. The maximum atomic E-state index is 6.55. The van der Waals surface area contributed by atoms with Crippen LogP contribution in [0, 0.1) is 25.2 Å². The minimum atomic E-state index is 0.195. The summed E-state index contributed by atoms with van der Waals surface area (Å²) in [7, 11) is 0. The predicted octanol–water partition coefficient (Wildman–Crippen LogP) is 4.63. The van der Waals surface area contributed by atoms with Gasteiger partial charge < -0.3 is 0 Å². The van der Waals surface area contributed by atoms with Gasteiger partial charge in [0.25, 0.3) is 0 Å². The Bertz CT molecular complexity index is 379. The maximum Gasteiger partial charge on any atom is 0.0621 e. The molecule has 0 N–H and O–H groups in total. The third kappa shape index (κ3) is 2.06. The zero-order valence-corrected chi connectivity index (χ0v) is 10.7. The van der Waals surface area contributed by atoms with Crippen molar-refractivity contribution in [1.82, 2.24) is 0 Å². The number of hydrogen-bond acceptors (Lipinski definition) is 0. The molecule has 1 aromatic carbocycles. The van der Waals surface area contributed by atoms with Crippen LogP contribution in [0.1, 0.15) is 42.3 Å². The van der Waals surface area contributed by atoms with Crippen LogP contribution < -0.4 is 0 Å². The smallest absolute Gasteiger partial charge is 0.0621 e. The molecule has 1 saturated carbocycles. The number of aryl methyl sites for hydroxylation is 2. The first-order valence-electron chi connectivity index (χ1n) is 5.63. The summed E-state index contributed by atoms with van der Waals surface area (Å²) in [5, 5.41) is 0.195. The summed E-state index contributed by atoms with van der Waals surface area (Å²) in [4.78, 5) is 0. The van der Waals surface area contributed by atoms with Gasteiger partial charge >= 0.3 is 0 Å². The largest absolute Gasteiger partial charge is 0.117 e. The van der Waals surface area contributed by atoms with Crippen molar-refractivity contribution in [2.45, 2.75) is 39.5 Å². The minimum Gasteiger partial charge on any atom is -0.117 e. The molecule has 2 atom stereocenters. The van der Waals surface area contributed by atoms with Gasteiger partial charge in [-0.2, -0.15) is 0 Å². The van der Waals surface area contributed by atoms with Crippen LogP contribution in [-0.4, -0.2) is 0 Å². The Morgan fingerprint density at radius 1 is 1.33 bits per heavy atom. The molecule has 0 radical (unpaired) electrons. The highest BCUT2D eigenvalue weighted by molar-refractivity contribution is 6.21. The van der Waals surface area contributed by atoms with Crippen LogP contribution in [0.3, 0.4) is 0 Å². The van der Waals surface area contributed by atoms with Crippen molar-refractivity contribution in [3.8, 4) is 0 Å². The fourth-order valence-corrected chi connectivity index (χ4v) is 3.03. The van der Waals surface area contributed by atoms with Gasteiger partial charge in [-0.15, -0.1) is 11.6 Å². The summed E-state index contributed by atoms with van der Waals surface area (Å²) in [5.41, 5.74) is 4.41. The minimum absolute atomic E-state index is 0.195. The van der Waals surface area contributed by atoms with Gasteiger partial charge in [0.05, 0.1) is 5.38 Å². The second-order valence-corrected chi connectivity index (χ2v) is 6.03. The fraction of sp³-hybridized carbons (Fsp3) is 0.571. The summed E-state index contributed by atoms with van der Waals surface area (Å²) in [6.45, 7) is 8.89. The number of rotatable bonds is 2. The molecule has 0 saturated heterocycles. The topological polar surface area (TPSA) is 0 Å². The van der Waals surface area contributed by atoms with E-state index >= 15 is 0 Å². The summed E-state index contributed by atoms with van der Waals surface area (Å²) < 4.78 is 0. The molecule has 15 heavy (non-hydrogen) atoms. The first-order valence-corrected chi connectivity index (χ1v) is 6.07. The van der Waals surface area contributed by atoms with E-state index in [1.165, 1.54) is 23.1 Å². The lowest BCUT2D eigenvalue weighted by Gasteiger charge is -2.14. The Balaban J connectivity index is 2.23. The van der Waals surface area contributed by atoms with Crippen LogP contribution >= 0.6 is 11.6 Å². The van der Waals surface area contributed by atoms with Crippen LogP contribution in [-0.2, 0) is 0 Å². The van der Waals surface area contributed by atoms with Crippen LogP contribution in [0.4, 0.5) is 0 Å². The van der Waals surface area contributed by atoms with Gasteiger partial charge in [-0.3, -0.25) is 0 Å². The van der Waals surface area contributed by atoms with Gasteiger partial charge in [0, 0.05) is 0 Å². The Morgan fingerprint density at radius 2 is 1.93 bits per heavy atom. The lowest BCUT2D eigenvalue weighted by Crippen LogP contribution is -2.01. The van der Waals surface area contributed by atoms with Crippen molar-refractivity contribution < 1.29 is 0 Å². The van der Waals surface area contributed by atoms with E-state index in [9.17, 15) is 0 Å². The molecule has 1 aliphatic carbocycles. The summed E-state index contributed by atoms with van der Waals surface area (Å²) in [6.07, 6.45) is 1.26. The van der Waals surface area contributed by atoms with Crippen molar-refractivity contribution in [1.29, 1.82) is 0 Å². The zero-order chi connectivity index (χ0) is 11.2. The Kier molecular flexibility index (Phi) is 2.58. The molecule has 1 heteroatoms. The monoisotopic (exact) mass is 222 g/mol. The highest BCUT2D eigenvalue weighted by Crippen LogP contribution is 2.60. The maximum absolute atomic E-state index is 6.55. The highest BCUT2D eigenvalue weighted by Gasteiger charge is 2.50. The summed E-state index contributed by atoms with van der Waals surface area (Å²) in [6, 6.07) is 6.57. The van der Waals surface area contributed by atoms with Gasteiger partial charge in [0.2, 0.25) is 0 Å². The van der Waals surface area contributed by atoms with E-state index in [0.717, 1.165) is 0 Å². The van der Waals surface area contributed by atoms with E-state index in [2.05, 4.69) is 45.9 Å². The molecule has 82 valence electrons. The van der Waals surface area contributed by atoms with Gasteiger partial charge in [0.15, 0.2) is 0 Å². The number of alkyl halides is 1. The lowest BCUT2D eigenvalue weighted by atomic mass is 9.97. The highest BCUT2D eigenvalue weighted by atomic mass is 35.5. The van der Waals surface area contributed by atoms with E-state index in [4.69, 9.17) is 11.6 Å². The van der Waals surface area contributed by atoms with Gasteiger partial charge in [-0.25, -0.2) is 0 Å². The second kappa shape index (κ2) is 3.52. The van der Waals surface area contributed by atoms with Gasteiger partial charge in [-0.05, 0) is 42.7 Å². The molecule has 1 aliphatic rings. The summed E-state index contributed by atoms with van der Waals surface area (Å²) in [5.74, 6) is 0.653. The fourth-order valence-electron chi connectivity index (χ4n) is 2.36. The van der Waals surface area contributed by atoms with Crippen molar-refractivity contribution in [2.24, 2.45) is 11.3 Å². The molecular formula is C14H19Cl. The van der Waals surface area contributed by atoms with Crippen molar-refractivity contribution in [2.75, 3.05) is 0 Å². The first kappa shape index (κ1) is 11.0. The van der Waals surface area contributed by atoms with Crippen LogP contribution in [0.25, 0.3) is 0 Å². The molecule has 1 fully saturated rings. The van der Waals surface area contributed by atoms with E-state index in [-0.39, 0.29) is 5.38 Å². The van der Waals surface area contributed by atoms with E-state index in [0.29, 0.717) is 11.3 Å². The third-order valence-electron chi connectivity index (χ3n) is 3.67. The number of halogens is 1. The lowest BCUT2D eigenvalue weighted by molar-refractivity contribution is 0.547. The van der Waals surface area contributed by atoms with E-state index < -0.39 is 0 Å². The normalized spacial score (nSPS) is 25.0. The quantitative estimate of drug-likeness (QED) is 0.640. The predicted molar refractivity (Wildman–Crippen MR) is 66.4 cm³/mol. The SMILES string of the molecule is Cc1ccc(C(Cl)C2CC2(C)C)c(C)c1. The standard InChI is InChI=1S/C14H19Cl/c1-9-5-6-11(10(2)7-9)13(15)12-8-14(12,3)4/h5-7,12-13H,8H2,1-4H3. The molecule has 0 bridgehead atoms. The summed E-state index contributed by atoms with van der Waals surface area (Å²) >= 11 is 6.55. The Hall–Kier alpha value is -0.490. The molecular weight excluding hydrogens is 204 g/mol. The van der Waals surface area contributed by atoms with Crippen molar-refractivity contribution in [3.05, 3.63) is 34.9 Å². The average molecular weight is 223 g/mol. The van der Waals surface area contributed by atoms with Crippen molar-refractivity contribution >= 4 is 11.6 Å². The van der Waals surface area contributed by atoms with Gasteiger partial charge in [0.1, 0.15) is 0 Å². The van der Waals surface area contributed by atoms with Crippen LogP contribution in [0.15, 0.2) is 18.2 Å². The van der Waals surface area contributed by atoms with E-state index in [1.54, 1.807) is 0 Å². The molecule has 0 heterocycles. The zero-order valence-electron chi connectivity index (χ0n) is 9.97. The Labute approximate surface area is 97.6 Å². The van der Waals surface area contributed by atoms with E-state index in [1.807, 2.05) is 0 Å². The number of hydrogen-bond donors (Lipinski definition) is 0. The average Bonchev–Trinajstić information content (AvgIpc) is 2.74. The first-order chi connectivity index (χ1) is 6.92. The molecule has 1 aromatic rings.